The van der Waals surface area contributed by atoms with Crippen LogP contribution >= 0.6 is 0 Å². The average molecular weight is 473 g/mol. The number of hydrogen-bond donors (Lipinski definition) is 0. The largest absolute Gasteiger partial charge is 0.493 e. The zero-order chi connectivity index (χ0) is 25.1. The molecule has 0 fully saturated rings. The highest BCUT2D eigenvalue weighted by Gasteiger charge is 2.33. The number of esters is 1. The summed E-state index contributed by atoms with van der Waals surface area (Å²) in [7, 11) is 4.64. The maximum Gasteiger partial charge on any atom is 0.339 e. The van der Waals surface area contributed by atoms with Crippen molar-refractivity contribution in [3.05, 3.63) is 94.0 Å². The smallest absolute Gasteiger partial charge is 0.339 e. The minimum Gasteiger partial charge on any atom is -0.493 e. The first-order valence-electron chi connectivity index (χ1n) is 10.8. The van der Waals surface area contributed by atoms with Crippen molar-refractivity contribution in [1.82, 2.24) is 4.90 Å². The van der Waals surface area contributed by atoms with Crippen LogP contribution < -0.4 is 9.47 Å². The van der Waals surface area contributed by atoms with E-state index in [2.05, 4.69) is 0 Å². The van der Waals surface area contributed by atoms with Crippen molar-refractivity contribution in [3.63, 3.8) is 0 Å². The summed E-state index contributed by atoms with van der Waals surface area (Å²) in [5.41, 5.74) is 1.40. The van der Waals surface area contributed by atoms with Gasteiger partial charge in [-0.1, -0.05) is 42.5 Å². The van der Waals surface area contributed by atoms with Gasteiger partial charge < -0.3 is 19.1 Å². The van der Waals surface area contributed by atoms with Crippen molar-refractivity contribution in [3.8, 4) is 11.5 Å². The van der Waals surface area contributed by atoms with Gasteiger partial charge in [0.15, 0.2) is 29.7 Å². The van der Waals surface area contributed by atoms with Crippen LogP contribution in [-0.2, 0) is 16.1 Å². The molecule has 0 unspecified atom stereocenters. The fraction of sp³-hybridized carbons (Fsp3) is 0.185. The first-order valence-corrected chi connectivity index (χ1v) is 10.8. The first-order chi connectivity index (χ1) is 16.8. The van der Waals surface area contributed by atoms with Crippen molar-refractivity contribution in [2.24, 2.45) is 0 Å². The Morgan fingerprint density at radius 3 is 2.14 bits per heavy atom. The fourth-order valence-electron chi connectivity index (χ4n) is 3.97. The van der Waals surface area contributed by atoms with E-state index in [4.69, 9.17) is 14.2 Å². The number of ether oxygens (including phenoxy) is 3. The lowest BCUT2D eigenvalue weighted by molar-refractivity contribution is -0.133. The molecule has 35 heavy (non-hydrogen) atoms. The van der Waals surface area contributed by atoms with Crippen LogP contribution in [0.3, 0.4) is 0 Å². The molecule has 0 saturated carbocycles. The summed E-state index contributed by atoms with van der Waals surface area (Å²) in [6.07, 6.45) is 0. The van der Waals surface area contributed by atoms with Gasteiger partial charge in [0, 0.05) is 35.8 Å². The van der Waals surface area contributed by atoms with Crippen LogP contribution in [0, 0.1) is 0 Å². The van der Waals surface area contributed by atoms with Crippen molar-refractivity contribution in [2.75, 3.05) is 27.9 Å². The molecule has 8 nitrogen and oxygen atoms in total. The number of ketones is 2. The highest BCUT2D eigenvalue weighted by Crippen LogP contribution is 2.30. The summed E-state index contributed by atoms with van der Waals surface area (Å²) in [6, 6.07) is 16.2. The number of carbonyl (C=O) groups is 4. The Bertz CT molecular complexity index is 1350. The summed E-state index contributed by atoms with van der Waals surface area (Å²) < 4.78 is 15.7. The molecule has 0 radical (unpaired) electrons. The van der Waals surface area contributed by atoms with Gasteiger partial charge in [-0.15, -0.1) is 0 Å². The number of hydrogen-bond acceptors (Lipinski definition) is 7. The van der Waals surface area contributed by atoms with Crippen LogP contribution in [0.1, 0.15) is 47.8 Å². The van der Waals surface area contributed by atoms with Gasteiger partial charge in [0.25, 0.3) is 5.91 Å². The maximum atomic E-state index is 13.1. The first kappa shape index (κ1) is 23.7. The van der Waals surface area contributed by atoms with E-state index < -0.39 is 24.3 Å². The third kappa shape index (κ3) is 4.50. The molecule has 0 heterocycles. The zero-order valence-corrected chi connectivity index (χ0v) is 19.5. The van der Waals surface area contributed by atoms with Crippen molar-refractivity contribution >= 4 is 23.4 Å². The lowest BCUT2D eigenvalue weighted by atomic mass is 9.82. The maximum absolute atomic E-state index is 13.1. The van der Waals surface area contributed by atoms with Gasteiger partial charge >= 0.3 is 5.97 Å². The number of amides is 1. The van der Waals surface area contributed by atoms with Crippen molar-refractivity contribution < 1.29 is 33.4 Å². The van der Waals surface area contributed by atoms with Crippen molar-refractivity contribution in [2.45, 2.75) is 6.54 Å². The number of methoxy groups -OCH3 is 2. The Hall–Kier alpha value is -4.46. The molecule has 1 aliphatic carbocycles. The van der Waals surface area contributed by atoms with Crippen molar-refractivity contribution in [1.29, 1.82) is 0 Å². The second kappa shape index (κ2) is 9.80. The fourth-order valence-corrected chi connectivity index (χ4v) is 3.97. The number of benzene rings is 3. The van der Waals surface area contributed by atoms with E-state index >= 15 is 0 Å². The molecular formula is C27H23NO7. The number of likely N-dealkylation sites (N-methyl/N-ethyl adjacent to an activating group) is 1. The molecule has 4 rings (SSSR count). The van der Waals surface area contributed by atoms with Gasteiger partial charge in [0.05, 0.1) is 19.8 Å². The molecule has 178 valence electrons. The van der Waals surface area contributed by atoms with Gasteiger partial charge in [0.1, 0.15) is 0 Å². The predicted octanol–water partition coefficient (Wildman–Crippen LogP) is 3.29. The normalized spacial score (nSPS) is 11.9. The van der Waals surface area contributed by atoms with E-state index in [1.54, 1.807) is 49.5 Å². The van der Waals surface area contributed by atoms with Gasteiger partial charge in [-0.05, 0) is 23.8 Å². The monoisotopic (exact) mass is 473 g/mol. The molecule has 0 aliphatic heterocycles. The third-order valence-electron chi connectivity index (χ3n) is 5.79. The number of carbonyl (C=O) groups excluding carboxylic acids is 4. The number of rotatable bonds is 7. The third-order valence-corrected chi connectivity index (χ3v) is 5.79. The van der Waals surface area contributed by atoms with Gasteiger partial charge in [-0.2, -0.15) is 0 Å². The van der Waals surface area contributed by atoms with Crippen LogP contribution in [0.25, 0.3) is 0 Å². The van der Waals surface area contributed by atoms with Gasteiger partial charge in [-0.3, -0.25) is 14.4 Å². The summed E-state index contributed by atoms with van der Waals surface area (Å²) in [5.74, 6) is -0.955. The highest BCUT2D eigenvalue weighted by atomic mass is 16.5. The standard InChI is InChI=1S/C27H23NO7/c1-28(14-16-11-12-21(33-2)22(13-16)34-3)23(29)15-35-27(32)20-10-6-9-19-24(20)26(31)18-8-5-4-7-17(18)25(19)30/h4-13H,14-15H2,1-3H3. The van der Waals surface area contributed by atoms with E-state index in [9.17, 15) is 19.2 Å². The Labute approximate surface area is 202 Å². The Kier molecular flexibility index (Phi) is 6.64. The van der Waals surface area contributed by atoms with Gasteiger partial charge in [0.2, 0.25) is 0 Å². The molecule has 0 saturated heterocycles. The molecule has 1 amide bonds. The topological polar surface area (TPSA) is 99.2 Å². The summed E-state index contributed by atoms with van der Waals surface area (Å²) in [5, 5.41) is 0. The Morgan fingerprint density at radius 1 is 0.800 bits per heavy atom. The Morgan fingerprint density at radius 2 is 1.46 bits per heavy atom. The minimum absolute atomic E-state index is 0.00710. The molecule has 0 spiro atoms. The lowest BCUT2D eigenvalue weighted by Crippen LogP contribution is -2.31. The molecule has 0 atom stereocenters. The van der Waals surface area contributed by atoms with Crippen LogP contribution in [0.2, 0.25) is 0 Å². The molecule has 0 N–H and O–H groups in total. The molecule has 8 heteroatoms. The zero-order valence-electron chi connectivity index (χ0n) is 19.5. The van der Waals surface area contributed by atoms with E-state index in [1.165, 1.54) is 37.3 Å². The second-order valence-electron chi connectivity index (χ2n) is 7.95. The molecular weight excluding hydrogens is 450 g/mol. The predicted molar refractivity (Wildman–Crippen MR) is 126 cm³/mol. The molecule has 3 aromatic rings. The average Bonchev–Trinajstić information content (AvgIpc) is 2.89. The van der Waals surface area contributed by atoms with Crippen LogP contribution in [0.15, 0.2) is 60.7 Å². The summed E-state index contributed by atoms with van der Waals surface area (Å²) in [4.78, 5) is 52.8. The van der Waals surface area contributed by atoms with E-state index in [0.29, 0.717) is 17.1 Å². The van der Waals surface area contributed by atoms with E-state index in [0.717, 1.165) is 5.56 Å². The minimum atomic E-state index is -0.852. The molecule has 3 aromatic carbocycles. The van der Waals surface area contributed by atoms with Crippen LogP contribution in [-0.4, -0.2) is 56.2 Å². The Balaban J connectivity index is 1.46. The molecule has 0 bridgehead atoms. The number of fused-ring (bicyclic) bond motifs is 2. The lowest BCUT2D eigenvalue weighted by Gasteiger charge is -2.20. The summed E-state index contributed by atoms with van der Waals surface area (Å²) >= 11 is 0. The summed E-state index contributed by atoms with van der Waals surface area (Å²) in [6.45, 7) is -0.272. The quantitative estimate of drug-likeness (QED) is 0.380. The molecule has 0 aromatic heterocycles. The molecule has 1 aliphatic rings. The highest BCUT2D eigenvalue weighted by molar-refractivity contribution is 6.30. The SMILES string of the molecule is COc1ccc(CN(C)C(=O)COC(=O)c2cccc3c2C(=O)c2ccccc2C3=O)cc1OC. The number of nitrogens with zero attached hydrogens (tertiary/aromatic N) is 1. The van der Waals surface area contributed by atoms with E-state index in [1.807, 2.05) is 0 Å². The van der Waals surface area contributed by atoms with Gasteiger partial charge in [-0.25, -0.2) is 4.79 Å². The van der Waals surface area contributed by atoms with E-state index in [-0.39, 0.29) is 34.6 Å². The van der Waals surface area contributed by atoms with Crippen LogP contribution in [0.4, 0.5) is 0 Å². The second-order valence-corrected chi connectivity index (χ2v) is 7.95. The van der Waals surface area contributed by atoms with Crippen LogP contribution in [0.5, 0.6) is 11.5 Å².